The molecule has 1 aliphatic heterocycles. The van der Waals surface area contributed by atoms with E-state index in [-0.39, 0.29) is 11.3 Å². The van der Waals surface area contributed by atoms with Gasteiger partial charge in [0, 0.05) is 31.7 Å². The molecule has 2 aliphatic rings. The van der Waals surface area contributed by atoms with Gasteiger partial charge in [-0.3, -0.25) is 9.48 Å². The lowest BCUT2D eigenvalue weighted by atomic mass is 9.66. The molecule has 0 unspecified atom stereocenters. The molecular formula is C19H23N3O. The summed E-state index contributed by atoms with van der Waals surface area (Å²) in [7, 11) is 1.85. The molecule has 1 aromatic heterocycles. The van der Waals surface area contributed by atoms with Gasteiger partial charge in [-0.2, -0.15) is 5.10 Å². The van der Waals surface area contributed by atoms with Gasteiger partial charge in [-0.25, -0.2) is 0 Å². The normalized spacial score (nSPS) is 23.8. The molecule has 0 radical (unpaired) electrons. The first-order chi connectivity index (χ1) is 11.2. The van der Waals surface area contributed by atoms with E-state index in [9.17, 15) is 4.79 Å². The van der Waals surface area contributed by atoms with Gasteiger partial charge in [-0.15, -0.1) is 0 Å². The fourth-order valence-corrected chi connectivity index (χ4v) is 4.45. The Labute approximate surface area is 137 Å². The van der Waals surface area contributed by atoms with Crippen LogP contribution in [-0.4, -0.2) is 33.7 Å². The number of carbonyl (C=O) groups excluding carboxylic acids is 1. The summed E-state index contributed by atoms with van der Waals surface area (Å²) in [5, 5.41) is 4.14. The molecule has 1 aromatic carbocycles. The highest BCUT2D eigenvalue weighted by Gasteiger charge is 2.41. The highest BCUT2D eigenvalue weighted by Crippen LogP contribution is 2.43. The first-order valence-electron chi connectivity index (χ1n) is 8.54. The summed E-state index contributed by atoms with van der Waals surface area (Å²) < 4.78 is 1.70. The number of rotatable bonds is 1. The van der Waals surface area contributed by atoms with Crippen molar-refractivity contribution in [2.24, 2.45) is 7.05 Å². The van der Waals surface area contributed by atoms with Gasteiger partial charge >= 0.3 is 0 Å². The first kappa shape index (κ1) is 14.5. The van der Waals surface area contributed by atoms with E-state index in [0.29, 0.717) is 5.56 Å². The summed E-state index contributed by atoms with van der Waals surface area (Å²) in [4.78, 5) is 14.9. The number of likely N-dealkylation sites (tertiary alicyclic amines) is 1. The highest BCUT2D eigenvalue weighted by atomic mass is 16.2. The van der Waals surface area contributed by atoms with Crippen LogP contribution < -0.4 is 0 Å². The van der Waals surface area contributed by atoms with Crippen LogP contribution in [-0.2, 0) is 18.9 Å². The number of piperidine rings is 1. The first-order valence-corrected chi connectivity index (χ1v) is 8.54. The largest absolute Gasteiger partial charge is 0.338 e. The van der Waals surface area contributed by atoms with Crippen LogP contribution in [0.3, 0.4) is 0 Å². The summed E-state index contributed by atoms with van der Waals surface area (Å²) in [5.74, 6) is 0.125. The predicted molar refractivity (Wildman–Crippen MR) is 89.4 cm³/mol. The second-order valence-electron chi connectivity index (χ2n) is 7.02. The zero-order valence-electron chi connectivity index (χ0n) is 13.7. The van der Waals surface area contributed by atoms with E-state index >= 15 is 0 Å². The summed E-state index contributed by atoms with van der Waals surface area (Å²) in [6.07, 6.45) is 9.37. The standard InChI is InChI=1S/C19H23N3O/c1-21-13-16(12-20-21)18(23)22-11-5-10-19(14-22)9-4-7-15-6-2-3-8-17(15)19/h2-3,6,8,12-13H,4-5,7,9-11,14H2,1H3/t19-/m1/s1. The van der Waals surface area contributed by atoms with Crippen molar-refractivity contribution in [2.45, 2.75) is 37.5 Å². The number of nitrogens with zero attached hydrogens (tertiary/aromatic N) is 3. The van der Waals surface area contributed by atoms with Crippen molar-refractivity contribution in [3.8, 4) is 0 Å². The summed E-state index contributed by atoms with van der Waals surface area (Å²) in [5.41, 5.74) is 3.82. The van der Waals surface area contributed by atoms with Crippen LogP contribution in [0.25, 0.3) is 0 Å². The number of hydrogen-bond acceptors (Lipinski definition) is 2. The van der Waals surface area contributed by atoms with E-state index in [2.05, 4.69) is 29.4 Å². The van der Waals surface area contributed by atoms with Gasteiger partial charge in [0.05, 0.1) is 11.8 Å². The molecule has 4 heteroatoms. The predicted octanol–water partition coefficient (Wildman–Crippen LogP) is 2.93. The molecule has 1 amide bonds. The van der Waals surface area contributed by atoms with Gasteiger partial charge in [0.15, 0.2) is 0 Å². The molecule has 4 rings (SSSR count). The zero-order chi connectivity index (χ0) is 15.9. The van der Waals surface area contributed by atoms with Crippen LogP contribution in [0.5, 0.6) is 0 Å². The second-order valence-corrected chi connectivity index (χ2v) is 7.02. The molecule has 23 heavy (non-hydrogen) atoms. The number of carbonyl (C=O) groups is 1. The van der Waals surface area contributed by atoms with Gasteiger partial charge < -0.3 is 4.90 Å². The minimum absolute atomic E-state index is 0.125. The molecule has 1 spiro atoms. The minimum atomic E-state index is 0.125. The molecule has 0 bridgehead atoms. The maximum absolute atomic E-state index is 12.8. The topological polar surface area (TPSA) is 38.1 Å². The molecule has 1 aliphatic carbocycles. The van der Waals surface area contributed by atoms with Crippen LogP contribution in [0.4, 0.5) is 0 Å². The fourth-order valence-electron chi connectivity index (χ4n) is 4.45. The maximum atomic E-state index is 12.8. The Balaban J connectivity index is 1.64. The number of benzene rings is 1. The van der Waals surface area contributed by atoms with Crippen LogP contribution in [0.2, 0.25) is 0 Å². The van der Waals surface area contributed by atoms with Crippen molar-refractivity contribution in [1.29, 1.82) is 0 Å². The SMILES string of the molecule is Cn1cc(C(=O)N2CCC[C@]3(CCCc4ccccc43)C2)cn1. The van der Waals surface area contributed by atoms with Crippen molar-refractivity contribution >= 4 is 5.91 Å². The molecular weight excluding hydrogens is 286 g/mol. The van der Waals surface area contributed by atoms with E-state index in [1.54, 1.807) is 10.9 Å². The van der Waals surface area contributed by atoms with Gasteiger partial charge in [0.25, 0.3) is 5.91 Å². The van der Waals surface area contributed by atoms with Crippen LogP contribution in [0.1, 0.15) is 47.2 Å². The summed E-state index contributed by atoms with van der Waals surface area (Å²) >= 11 is 0. The Morgan fingerprint density at radius 2 is 2.04 bits per heavy atom. The van der Waals surface area contributed by atoms with Crippen LogP contribution in [0.15, 0.2) is 36.7 Å². The Hall–Kier alpha value is -2.10. The molecule has 1 fully saturated rings. The Bertz CT molecular complexity index is 736. The van der Waals surface area contributed by atoms with E-state index < -0.39 is 0 Å². The van der Waals surface area contributed by atoms with Crippen molar-refractivity contribution in [3.05, 3.63) is 53.3 Å². The zero-order valence-corrected chi connectivity index (χ0v) is 13.7. The maximum Gasteiger partial charge on any atom is 0.257 e. The van der Waals surface area contributed by atoms with E-state index in [0.717, 1.165) is 19.5 Å². The summed E-state index contributed by atoms with van der Waals surface area (Å²) in [6, 6.07) is 8.83. The minimum Gasteiger partial charge on any atom is -0.338 e. The van der Waals surface area contributed by atoms with Crippen LogP contribution in [0, 0.1) is 0 Å². The van der Waals surface area contributed by atoms with Gasteiger partial charge in [-0.05, 0) is 43.2 Å². The number of aryl methyl sites for hydroxylation is 2. The Morgan fingerprint density at radius 1 is 1.22 bits per heavy atom. The van der Waals surface area contributed by atoms with Gasteiger partial charge in [-0.1, -0.05) is 24.3 Å². The van der Waals surface area contributed by atoms with E-state index in [1.165, 1.54) is 36.8 Å². The van der Waals surface area contributed by atoms with Crippen molar-refractivity contribution in [3.63, 3.8) is 0 Å². The second kappa shape index (κ2) is 5.52. The van der Waals surface area contributed by atoms with E-state index in [4.69, 9.17) is 0 Å². The number of amides is 1. The molecule has 0 saturated carbocycles. The molecule has 0 N–H and O–H groups in total. The molecule has 2 aromatic rings. The molecule has 120 valence electrons. The third-order valence-corrected chi connectivity index (χ3v) is 5.51. The molecule has 4 nitrogen and oxygen atoms in total. The lowest BCUT2D eigenvalue weighted by molar-refractivity contribution is 0.0617. The van der Waals surface area contributed by atoms with E-state index in [1.807, 2.05) is 18.1 Å². The average molecular weight is 309 g/mol. The highest BCUT2D eigenvalue weighted by molar-refractivity contribution is 5.93. The molecule has 2 heterocycles. The van der Waals surface area contributed by atoms with Gasteiger partial charge in [0.2, 0.25) is 0 Å². The quantitative estimate of drug-likeness (QED) is 0.812. The lowest BCUT2D eigenvalue weighted by Crippen LogP contribution is -2.49. The Morgan fingerprint density at radius 3 is 2.87 bits per heavy atom. The number of aromatic nitrogens is 2. The van der Waals surface area contributed by atoms with Crippen molar-refractivity contribution in [2.75, 3.05) is 13.1 Å². The third kappa shape index (κ3) is 2.46. The van der Waals surface area contributed by atoms with Crippen LogP contribution >= 0.6 is 0 Å². The lowest BCUT2D eigenvalue weighted by Gasteiger charge is -2.46. The Kier molecular flexibility index (Phi) is 3.47. The number of fused-ring (bicyclic) bond motifs is 2. The monoisotopic (exact) mass is 309 g/mol. The summed E-state index contributed by atoms with van der Waals surface area (Å²) in [6.45, 7) is 1.70. The number of hydrogen-bond donors (Lipinski definition) is 0. The third-order valence-electron chi connectivity index (χ3n) is 5.51. The molecule has 1 saturated heterocycles. The molecule has 1 atom stereocenters. The van der Waals surface area contributed by atoms with Crippen molar-refractivity contribution in [1.82, 2.24) is 14.7 Å². The average Bonchev–Trinajstić information content (AvgIpc) is 3.01. The smallest absolute Gasteiger partial charge is 0.257 e. The van der Waals surface area contributed by atoms with Crippen molar-refractivity contribution < 1.29 is 4.79 Å². The van der Waals surface area contributed by atoms with Gasteiger partial charge in [0.1, 0.15) is 0 Å². The fraction of sp³-hybridized carbons (Fsp3) is 0.474.